The molecule has 1 fully saturated rings. The SMILES string of the molecule is Cc1cn(-c2ccccc2Cl)nc1C(=O)N[C@@H]1CC[C@H](C(=O)O)C1. The lowest BCUT2D eigenvalue weighted by atomic mass is 10.1. The van der Waals surface area contributed by atoms with E-state index in [-0.39, 0.29) is 17.9 Å². The molecule has 1 amide bonds. The van der Waals surface area contributed by atoms with E-state index in [0.717, 1.165) is 5.56 Å². The van der Waals surface area contributed by atoms with E-state index in [4.69, 9.17) is 16.7 Å². The maximum atomic E-state index is 12.5. The van der Waals surface area contributed by atoms with E-state index < -0.39 is 5.97 Å². The Balaban J connectivity index is 1.75. The Bertz CT molecular complexity index is 787. The number of rotatable bonds is 4. The van der Waals surface area contributed by atoms with Crippen LogP contribution in [0.3, 0.4) is 0 Å². The largest absolute Gasteiger partial charge is 0.481 e. The van der Waals surface area contributed by atoms with Gasteiger partial charge in [0, 0.05) is 17.8 Å². The van der Waals surface area contributed by atoms with Gasteiger partial charge in [0.05, 0.1) is 16.6 Å². The molecular weight excluding hydrogens is 330 g/mol. The highest BCUT2D eigenvalue weighted by molar-refractivity contribution is 6.32. The maximum Gasteiger partial charge on any atom is 0.306 e. The molecule has 0 spiro atoms. The summed E-state index contributed by atoms with van der Waals surface area (Å²) in [5.41, 5.74) is 1.77. The van der Waals surface area contributed by atoms with Gasteiger partial charge in [0.15, 0.2) is 5.69 Å². The third-order valence-corrected chi connectivity index (χ3v) is 4.65. The Hall–Kier alpha value is -2.34. The Morgan fingerprint density at radius 3 is 2.75 bits per heavy atom. The number of carbonyl (C=O) groups is 2. The molecule has 0 aliphatic heterocycles. The van der Waals surface area contributed by atoms with Crippen LogP contribution < -0.4 is 5.32 Å². The summed E-state index contributed by atoms with van der Waals surface area (Å²) >= 11 is 6.17. The summed E-state index contributed by atoms with van der Waals surface area (Å²) in [7, 11) is 0. The smallest absolute Gasteiger partial charge is 0.306 e. The second-order valence-corrected chi connectivity index (χ2v) is 6.48. The number of carboxylic acid groups (broad SMARTS) is 1. The number of nitrogens with one attached hydrogen (secondary N) is 1. The summed E-state index contributed by atoms with van der Waals surface area (Å²) in [5, 5.41) is 16.8. The fraction of sp³-hybridized carbons (Fsp3) is 0.353. The Labute approximate surface area is 144 Å². The fourth-order valence-corrected chi connectivity index (χ4v) is 3.26. The lowest BCUT2D eigenvalue weighted by molar-refractivity contribution is -0.141. The van der Waals surface area contributed by atoms with Gasteiger partial charge in [0.2, 0.25) is 0 Å². The van der Waals surface area contributed by atoms with E-state index in [0.29, 0.717) is 35.7 Å². The molecule has 1 heterocycles. The number of aryl methyl sites for hydroxylation is 1. The summed E-state index contributed by atoms with van der Waals surface area (Å²) in [6, 6.07) is 7.14. The maximum absolute atomic E-state index is 12.5. The van der Waals surface area contributed by atoms with Crippen molar-refractivity contribution in [1.29, 1.82) is 0 Å². The zero-order valence-corrected chi connectivity index (χ0v) is 14.0. The molecule has 1 aromatic heterocycles. The van der Waals surface area contributed by atoms with Gasteiger partial charge in [-0.25, -0.2) is 4.68 Å². The van der Waals surface area contributed by atoms with Crippen molar-refractivity contribution in [2.75, 3.05) is 0 Å². The molecule has 0 saturated heterocycles. The number of nitrogens with zero attached hydrogens (tertiary/aromatic N) is 2. The van der Waals surface area contributed by atoms with Gasteiger partial charge in [-0.3, -0.25) is 9.59 Å². The Morgan fingerprint density at radius 1 is 1.33 bits per heavy atom. The first-order valence-corrected chi connectivity index (χ1v) is 8.18. The van der Waals surface area contributed by atoms with E-state index in [1.54, 1.807) is 16.9 Å². The lowest BCUT2D eigenvalue weighted by Crippen LogP contribution is -2.34. The number of carbonyl (C=O) groups excluding carboxylic acids is 1. The number of hydrogen-bond acceptors (Lipinski definition) is 3. The van der Waals surface area contributed by atoms with Crippen molar-refractivity contribution in [1.82, 2.24) is 15.1 Å². The van der Waals surface area contributed by atoms with Gasteiger partial charge in [-0.2, -0.15) is 5.10 Å². The lowest BCUT2D eigenvalue weighted by Gasteiger charge is -2.11. The van der Waals surface area contributed by atoms with Gasteiger partial charge in [0.1, 0.15) is 0 Å². The molecule has 6 nitrogen and oxygen atoms in total. The van der Waals surface area contributed by atoms with Crippen LogP contribution in [0.25, 0.3) is 5.69 Å². The van der Waals surface area contributed by atoms with Crippen LogP contribution in [-0.4, -0.2) is 32.8 Å². The summed E-state index contributed by atoms with van der Waals surface area (Å²) in [4.78, 5) is 23.5. The van der Waals surface area contributed by atoms with Crippen LogP contribution >= 0.6 is 11.6 Å². The van der Waals surface area contributed by atoms with Gasteiger partial charge < -0.3 is 10.4 Å². The fourth-order valence-electron chi connectivity index (χ4n) is 3.04. The highest BCUT2D eigenvalue weighted by Gasteiger charge is 2.31. The molecule has 2 aromatic rings. The summed E-state index contributed by atoms with van der Waals surface area (Å²) < 4.78 is 1.58. The van der Waals surface area contributed by atoms with Crippen LogP contribution in [0.4, 0.5) is 0 Å². The van der Waals surface area contributed by atoms with Crippen LogP contribution in [0, 0.1) is 12.8 Å². The molecule has 24 heavy (non-hydrogen) atoms. The average Bonchev–Trinajstić information content (AvgIpc) is 3.14. The topological polar surface area (TPSA) is 84.2 Å². The molecule has 0 radical (unpaired) electrons. The number of hydrogen-bond donors (Lipinski definition) is 2. The monoisotopic (exact) mass is 347 g/mol. The standard InChI is InChI=1S/C17H18ClN3O3/c1-10-9-21(14-5-3-2-4-13(14)18)20-15(10)16(22)19-12-7-6-11(8-12)17(23)24/h2-5,9,11-12H,6-8H2,1H3,(H,19,22)(H,23,24)/t11-,12+/m0/s1. The second-order valence-electron chi connectivity index (χ2n) is 6.08. The van der Waals surface area contributed by atoms with Gasteiger partial charge in [-0.1, -0.05) is 23.7 Å². The predicted molar refractivity (Wildman–Crippen MR) is 89.5 cm³/mol. The third kappa shape index (κ3) is 3.28. The molecule has 1 aliphatic carbocycles. The van der Waals surface area contributed by atoms with Crippen LogP contribution in [0.1, 0.15) is 35.3 Å². The van der Waals surface area contributed by atoms with Crippen LogP contribution in [0.2, 0.25) is 5.02 Å². The van der Waals surface area contributed by atoms with E-state index in [1.807, 2.05) is 25.1 Å². The van der Waals surface area contributed by atoms with E-state index in [1.165, 1.54) is 0 Å². The Morgan fingerprint density at radius 2 is 2.08 bits per heavy atom. The van der Waals surface area contributed by atoms with E-state index >= 15 is 0 Å². The first kappa shape index (κ1) is 16.5. The number of aromatic nitrogens is 2. The summed E-state index contributed by atoms with van der Waals surface area (Å²) in [6.45, 7) is 1.81. The minimum atomic E-state index is -0.800. The number of para-hydroxylation sites is 1. The van der Waals surface area contributed by atoms with E-state index in [9.17, 15) is 9.59 Å². The molecule has 1 aliphatic rings. The van der Waals surface area contributed by atoms with Crippen molar-refractivity contribution in [2.24, 2.45) is 5.92 Å². The highest BCUT2D eigenvalue weighted by atomic mass is 35.5. The van der Waals surface area contributed by atoms with Crippen LogP contribution in [0.15, 0.2) is 30.5 Å². The first-order valence-electron chi connectivity index (χ1n) is 7.80. The molecule has 3 rings (SSSR count). The molecular formula is C17H18ClN3O3. The number of amides is 1. The number of carboxylic acids is 1. The van der Waals surface area contributed by atoms with E-state index in [2.05, 4.69) is 10.4 Å². The predicted octanol–water partition coefficient (Wildman–Crippen LogP) is 2.82. The van der Waals surface area contributed by atoms with Gasteiger partial charge in [0.25, 0.3) is 5.91 Å². The zero-order valence-electron chi connectivity index (χ0n) is 13.2. The normalized spacial score (nSPS) is 20.1. The van der Waals surface area contributed by atoms with Crippen molar-refractivity contribution in [3.05, 3.63) is 46.7 Å². The van der Waals surface area contributed by atoms with Gasteiger partial charge in [-0.05, 0) is 38.3 Å². The minimum absolute atomic E-state index is 0.122. The van der Waals surface area contributed by atoms with Gasteiger partial charge >= 0.3 is 5.97 Å². The molecule has 1 saturated carbocycles. The number of aliphatic carboxylic acids is 1. The van der Waals surface area contributed by atoms with Gasteiger partial charge in [-0.15, -0.1) is 0 Å². The second kappa shape index (κ2) is 6.65. The number of halogens is 1. The Kier molecular flexibility index (Phi) is 4.57. The quantitative estimate of drug-likeness (QED) is 0.890. The highest BCUT2D eigenvalue weighted by Crippen LogP contribution is 2.26. The minimum Gasteiger partial charge on any atom is -0.481 e. The van der Waals surface area contributed by atoms with Crippen molar-refractivity contribution in [3.8, 4) is 5.69 Å². The van der Waals surface area contributed by atoms with Crippen molar-refractivity contribution in [3.63, 3.8) is 0 Å². The number of benzene rings is 1. The zero-order chi connectivity index (χ0) is 17.3. The molecule has 1 aromatic carbocycles. The molecule has 0 bridgehead atoms. The first-order chi connectivity index (χ1) is 11.5. The van der Waals surface area contributed by atoms with Crippen LogP contribution in [0.5, 0.6) is 0 Å². The molecule has 2 atom stereocenters. The summed E-state index contributed by atoms with van der Waals surface area (Å²) in [6.07, 6.45) is 3.48. The molecule has 7 heteroatoms. The average molecular weight is 348 g/mol. The molecule has 0 unspecified atom stereocenters. The molecule has 126 valence electrons. The van der Waals surface area contributed by atoms with Crippen molar-refractivity contribution >= 4 is 23.5 Å². The van der Waals surface area contributed by atoms with Crippen LogP contribution in [-0.2, 0) is 4.79 Å². The molecule has 2 N–H and O–H groups in total. The van der Waals surface area contributed by atoms with Crippen molar-refractivity contribution in [2.45, 2.75) is 32.2 Å². The third-order valence-electron chi connectivity index (χ3n) is 4.33. The summed E-state index contributed by atoms with van der Waals surface area (Å²) in [5.74, 6) is -1.46. The van der Waals surface area contributed by atoms with Crippen molar-refractivity contribution < 1.29 is 14.7 Å².